The van der Waals surface area contributed by atoms with Gasteiger partial charge >= 0.3 is 0 Å². The summed E-state index contributed by atoms with van der Waals surface area (Å²) in [6.45, 7) is 6.69. The molecule has 1 aromatic rings. The van der Waals surface area contributed by atoms with Gasteiger partial charge in [0.1, 0.15) is 5.76 Å². The smallest absolute Gasteiger partial charge is 0.193 e. The van der Waals surface area contributed by atoms with Crippen LogP contribution in [0.2, 0.25) is 0 Å². The normalized spacial score (nSPS) is 16.7. The van der Waals surface area contributed by atoms with E-state index in [9.17, 15) is 0 Å². The number of ether oxygens (including phenoxy) is 1. The molecular formula is C17H29N3O2. The van der Waals surface area contributed by atoms with Crippen LogP contribution in [0.1, 0.15) is 31.9 Å². The van der Waals surface area contributed by atoms with Crippen molar-refractivity contribution >= 4 is 5.96 Å². The average Bonchev–Trinajstić information content (AvgIpc) is 3.05. The molecule has 0 atom stereocenters. The highest BCUT2D eigenvalue weighted by atomic mass is 16.5. The predicted molar refractivity (Wildman–Crippen MR) is 89.2 cm³/mol. The SMILES string of the molecule is CCCN=C(NCCc1ccco1)N(C)CC1CCOCC1. The van der Waals surface area contributed by atoms with Crippen molar-refractivity contribution in [3.8, 4) is 0 Å². The quantitative estimate of drug-likeness (QED) is 0.621. The molecule has 1 fully saturated rings. The third-order valence-corrected chi connectivity index (χ3v) is 3.95. The minimum atomic E-state index is 0.706. The number of hydrogen-bond donors (Lipinski definition) is 1. The molecule has 0 bridgehead atoms. The number of furan rings is 1. The standard InChI is InChI=1S/C17H29N3O2/c1-3-9-18-17(19-10-6-16-5-4-11-22-16)20(2)14-15-7-12-21-13-8-15/h4-5,11,15H,3,6-10,12-14H2,1-2H3,(H,18,19). The third-order valence-electron chi connectivity index (χ3n) is 3.95. The maximum Gasteiger partial charge on any atom is 0.193 e. The van der Waals surface area contributed by atoms with Crippen LogP contribution in [0.5, 0.6) is 0 Å². The van der Waals surface area contributed by atoms with Gasteiger partial charge in [-0.15, -0.1) is 0 Å². The lowest BCUT2D eigenvalue weighted by Crippen LogP contribution is -2.43. The van der Waals surface area contributed by atoms with Crippen LogP contribution >= 0.6 is 0 Å². The topological polar surface area (TPSA) is 50.0 Å². The molecule has 1 aliphatic heterocycles. The van der Waals surface area contributed by atoms with E-state index in [-0.39, 0.29) is 0 Å². The molecule has 2 heterocycles. The zero-order valence-electron chi connectivity index (χ0n) is 13.9. The highest BCUT2D eigenvalue weighted by Gasteiger charge is 2.17. The van der Waals surface area contributed by atoms with Crippen LogP contribution in [-0.4, -0.2) is 50.8 Å². The summed E-state index contributed by atoms with van der Waals surface area (Å²) in [4.78, 5) is 6.95. The number of aliphatic imine (C=N–C) groups is 1. The van der Waals surface area contributed by atoms with E-state index >= 15 is 0 Å². The molecule has 0 spiro atoms. The minimum absolute atomic E-state index is 0.706. The fourth-order valence-electron chi connectivity index (χ4n) is 2.68. The fraction of sp³-hybridized carbons (Fsp3) is 0.706. The lowest BCUT2D eigenvalue weighted by atomic mass is 10.00. The molecule has 1 aliphatic rings. The van der Waals surface area contributed by atoms with Crippen molar-refractivity contribution in [2.75, 3.05) is 39.9 Å². The Bertz CT molecular complexity index is 425. The minimum Gasteiger partial charge on any atom is -0.469 e. The van der Waals surface area contributed by atoms with Crippen molar-refractivity contribution in [3.05, 3.63) is 24.2 Å². The first kappa shape index (κ1) is 16.9. The summed E-state index contributed by atoms with van der Waals surface area (Å²) in [5.74, 6) is 2.71. The highest BCUT2D eigenvalue weighted by Crippen LogP contribution is 2.15. The van der Waals surface area contributed by atoms with Gasteiger partial charge in [0, 0.05) is 46.3 Å². The van der Waals surface area contributed by atoms with Crippen LogP contribution in [0.4, 0.5) is 0 Å². The Labute approximate surface area is 133 Å². The number of nitrogens with one attached hydrogen (secondary N) is 1. The van der Waals surface area contributed by atoms with Crippen molar-refractivity contribution in [1.29, 1.82) is 0 Å². The Hall–Kier alpha value is -1.49. The van der Waals surface area contributed by atoms with Crippen molar-refractivity contribution in [2.24, 2.45) is 10.9 Å². The molecule has 22 heavy (non-hydrogen) atoms. The van der Waals surface area contributed by atoms with Crippen molar-refractivity contribution in [3.63, 3.8) is 0 Å². The number of rotatable bonds is 7. The predicted octanol–water partition coefficient (Wildman–Crippen LogP) is 2.54. The molecule has 1 aromatic heterocycles. The Morgan fingerprint density at radius 3 is 2.91 bits per heavy atom. The zero-order chi connectivity index (χ0) is 15.6. The molecule has 0 unspecified atom stereocenters. The van der Waals surface area contributed by atoms with E-state index in [0.717, 1.165) is 70.3 Å². The van der Waals surface area contributed by atoms with Gasteiger partial charge in [-0.1, -0.05) is 6.92 Å². The molecule has 0 aliphatic carbocycles. The first-order valence-corrected chi connectivity index (χ1v) is 8.39. The van der Waals surface area contributed by atoms with Crippen molar-refractivity contribution in [1.82, 2.24) is 10.2 Å². The lowest BCUT2D eigenvalue weighted by molar-refractivity contribution is 0.0610. The van der Waals surface area contributed by atoms with Crippen LogP contribution in [0.3, 0.4) is 0 Å². The molecule has 0 aromatic carbocycles. The van der Waals surface area contributed by atoms with Crippen molar-refractivity contribution < 1.29 is 9.15 Å². The van der Waals surface area contributed by atoms with E-state index in [0.29, 0.717) is 5.92 Å². The van der Waals surface area contributed by atoms with Gasteiger partial charge < -0.3 is 19.4 Å². The van der Waals surface area contributed by atoms with Crippen LogP contribution in [0.25, 0.3) is 0 Å². The molecule has 0 radical (unpaired) electrons. The van der Waals surface area contributed by atoms with E-state index in [1.54, 1.807) is 6.26 Å². The van der Waals surface area contributed by atoms with E-state index in [2.05, 4.69) is 24.2 Å². The van der Waals surface area contributed by atoms with E-state index < -0.39 is 0 Å². The highest BCUT2D eigenvalue weighted by molar-refractivity contribution is 5.79. The second kappa shape index (κ2) is 9.51. The molecule has 1 saturated heterocycles. The van der Waals surface area contributed by atoms with Gasteiger partial charge in [-0.2, -0.15) is 0 Å². The molecule has 0 saturated carbocycles. The van der Waals surface area contributed by atoms with Crippen LogP contribution in [0, 0.1) is 5.92 Å². The molecule has 1 N–H and O–H groups in total. The maximum absolute atomic E-state index is 5.44. The number of guanidine groups is 1. The second-order valence-corrected chi connectivity index (χ2v) is 5.90. The largest absolute Gasteiger partial charge is 0.469 e. The summed E-state index contributed by atoms with van der Waals surface area (Å²) in [5.41, 5.74) is 0. The second-order valence-electron chi connectivity index (χ2n) is 5.90. The van der Waals surface area contributed by atoms with Gasteiger partial charge in [0.25, 0.3) is 0 Å². The third kappa shape index (κ3) is 5.72. The summed E-state index contributed by atoms with van der Waals surface area (Å²) in [5, 5.41) is 3.47. The number of nitrogens with zero attached hydrogens (tertiary/aromatic N) is 2. The monoisotopic (exact) mass is 307 g/mol. The van der Waals surface area contributed by atoms with E-state index in [4.69, 9.17) is 14.1 Å². The molecule has 0 amide bonds. The fourth-order valence-corrected chi connectivity index (χ4v) is 2.68. The molecule has 124 valence electrons. The summed E-state index contributed by atoms with van der Waals surface area (Å²) in [7, 11) is 2.13. The van der Waals surface area contributed by atoms with E-state index in [1.165, 1.54) is 0 Å². The summed E-state index contributed by atoms with van der Waals surface area (Å²) in [6.07, 6.45) is 5.96. The summed E-state index contributed by atoms with van der Waals surface area (Å²) >= 11 is 0. The average molecular weight is 307 g/mol. The van der Waals surface area contributed by atoms with Gasteiger partial charge in [0.05, 0.1) is 6.26 Å². The van der Waals surface area contributed by atoms with Gasteiger partial charge in [0.15, 0.2) is 5.96 Å². The summed E-state index contributed by atoms with van der Waals surface area (Å²) < 4.78 is 10.8. The first-order chi connectivity index (χ1) is 10.8. The van der Waals surface area contributed by atoms with E-state index in [1.807, 2.05) is 12.1 Å². The van der Waals surface area contributed by atoms with Crippen molar-refractivity contribution in [2.45, 2.75) is 32.6 Å². The lowest BCUT2D eigenvalue weighted by Gasteiger charge is -2.29. The zero-order valence-corrected chi connectivity index (χ0v) is 13.9. The molecule has 5 nitrogen and oxygen atoms in total. The van der Waals surface area contributed by atoms with Gasteiger partial charge in [-0.25, -0.2) is 0 Å². The first-order valence-electron chi connectivity index (χ1n) is 8.39. The number of hydrogen-bond acceptors (Lipinski definition) is 3. The summed E-state index contributed by atoms with van der Waals surface area (Å²) in [6, 6.07) is 3.94. The molecular weight excluding hydrogens is 278 g/mol. The Morgan fingerprint density at radius 1 is 1.41 bits per heavy atom. The Balaban J connectivity index is 1.81. The van der Waals surface area contributed by atoms with Gasteiger partial charge in [0.2, 0.25) is 0 Å². The Morgan fingerprint density at radius 2 is 2.23 bits per heavy atom. The molecule has 2 rings (SSSR count). The van der Waals surface area contributed by atoms with Crippen LogP contribution in [0.15, 0.2) is 27.8 Å². The van der Waals surface area contributed by atoms with Gasteiger partial charge in [-0.3, -0.25) is 4.99 Å². The maximum atomic E-state index is 5.44. The van der Waals surface area contributed by atoms with Crippen LogP contribution < -0.4 is 5.32 Å². The van der Waals surface area contributed by atoms with Crippen LogP contribution in [-0.2, 0) is 11.2 Å². The Kier molecular flexibility index (Phi) is 7.30. The van der Waals surface area contributed by atoms with Gasteiger partial charge in [-0.05, 0) is 37.3 Å². The molecule has 5 heteroatoms.